The second kappa shape index (κ2) is 5.58. The number of aromatic nitrogens is 5. The number of hydrogen-bond donors (Lipinski definition) is 0. The van der Waals surface area contributed by atoms with Gasteiger partial charge in [0, 0.05) is 38.4 Å². The number of alkyl halides is 1. The molecule has 20 heavy (non-hydrogen) atoms. The van der Waals surface area contributed by atoms with Crippen LogP contribution in [0, 0.1) is 6.92 Å². The van der Waals surface area contributed by atoms with Gasteiger partial charge in [-0.05, 0) is 12.1 Å². The Morgan fingerprint density at radius 3 is 2.95 bits per heavy atom. The van der Waals surface area contributed by atoms with Crippen molar-refractivity contribution in [2.75, 3.05) is 5.88 Å². The Morgan fingerprint density at radius 1 is 1.30 bits per heavy atom. The highest BCUT2D eigenvalue weighted by molar-refractivity contribution is 6.17. The average Bonchev–Trinajstić information content (AvgIpc) is 3.00. The van der Waals surface area contributed by atoms with E-state index in [-0.39, 0.29) is 0 Å². The minimum atomic E-state index is 0.532. The second-order valence-electron chi connectivity index (χ2n) is 4.44. The molecular weight excluding hydrogens is 278 g/mol. The summed E-state index contributed by atoms with van der Waals surface area (Å²) in [4.78, 5) is 13.2. The molecule has 0 atom stereocenters. The Balaban J connectivity index is 1.90. The number of pyridine rings is 1. The van der Waals surface area contributed by atoms with Crippen LogP contribution >= 0.6 is 11.6 Å². The molecule has 3 aromatic rings. The molecule has 104 valence electrons. The van der Waals surface area contributed by atoms with Gasteiger partial charge in [-0.3, -0.25) is 0 Å². The van der Waals surface area contributed by atoms with Gasteiger partial charge in [-0.25, -0.2) is 9.97 Å². The molecule has 3 aromatic heterocycles. The van der Waals surface area contributed by atoms with Gasteiger partial charge in [0.25, 0.3) is 0 Å². The molecule has 0 N–H and O–H groups in total. The summed E-state index contributed by atoms with van der Waals surface area (Å²) in [7, 11) is 0. The molecule has 0 saturated carbocycles. The van der Waals surface area contributed by atoms with Crippen LogP contribution in [-0.4, -0.2) is 30.6 Å². The highest BCUT2D eigenvalue weighted by Crippen LogP contribution is 2.15. The fourth-order valence-electron chi connectivity index (χ4n) is 2.17. The molecule has 0 spiro atoms. The first-order chi connectivity index (χ1) is 9.78. The molecule has 3 rings (SSSR count). The first-order valence-corrected chi connectivity index (χ1v) is 6.96. The lowest BCUT2D eigenvalue weighted by Crippen LogP contribution is -2.08. The largest absolute Gasteiger partial charge is 0.340 e. The molecule has 0 aliphatic heterocycles. The predicted octanol–water partition coefficient (Wildman–Crippen LogP) is 2.15. The lowest BCUT2D eigenvalue weighted by atomic mass is 10.3. The number of rotatable bonds is 5. The molecule has 0 fully saturated rings. The molecule has 0 saturated heterocycles. The third-order valence-corrected chi connectivity index (χ3v) is 3.22. The third-order valence-electron chi connectivity index (χ3n) is 3.03. The van der Waals surface area contributed by atoms with E-state index >= 15 is 0 Å². The summed E-state index contributed by atoms with van der Waals surface area (Å²) >= 11 is 5.84. The average molecular weight is 292 g/mol. The maximum atomic E-state index is 5.84. The molecule has 0 unspecified atom stereocenters. The van der Waals surface area contributed by atoms with Crippen molar-refractivity contribution in [2.45, 2.75) is 26.3 Å². The molecule has 0 bridgehead atoms. The van der Waals surface area contributed by atoms with Crippen LogP contribution in [0.3, 0.4) is 0 Å². The van der Waals surface area contributed by atoms with Crippen molar-refractivity contribution < 1.29 is 4.52 Å². The number of halogens is 1. The minimum absolute atomic E-state index is 0.532. The highest BCUT2D eigenvalue weighted by Gasteiger charge is 2.12. The number of fused-ring (bicyclic) bond motifs is 1. The number of hydrogen-bond acceptors (Lipinski definition) is 5. The molecule has 3 heterocycles. The first-order valence-electron chi connectivity index (χ1n) is 6.43. The van der Waals surface area contributed by atoms with Gasteiger partial charge < -0.3 is 9.09 Å². The Morgan fingerprint density at radius 2 is 2.20 bits per heavy atom. The highest BCUT2D eigenvalue weighted by atomic mass is 35.5. The summed E-state index contributed by atoms with van der Waals surface area (Å²) in [6, 6.07) is 3.84. The van der Waals surface area contributed by atoms with Crippen molar-refractivity contribution in [1.29, 1.82) is 0 Å². The van der Waals surface area contributed by atoms with E-state index < -0.39 is 0 Å². The van der Waals surface area contributed by atoms with Gasteiger partial charge in [0.2, 0.25) is 5.89 Å². The van der Waals surface area contributed by atoms with E-state index in [1.165, 1.54) is 0 Å². The molecule has 0 amide bonds. The summed E-state index contributed by atoms with van der Waals surface area (Å²) in [6.07, 6.45) is 3.15. The monoisotopic (exact) mass is 291 g/mol. The van der Waals surface area contributed by atoms with Crippen molar-refractivity contribution in [3.63, 3.8) is 0 Å². The van der Waals surface area contributed by atoms with Gasteiger partial charge in [-0.15, -0.1) is 11.6 Å². The number of imidazole rings is 1. The quantitative estimate of drug-likeness (QED) is 0.674. The van der Waals surface area contributed by atoms with E-state index in [9.17, 15) is 0 Å². The van der Waals surface area contributed by atoms with E-state index in [1.807, 2.05) is 12.1 Å². The molecule has 7 heteroatoms. The van der Waals surface area contributed by atoms with E-state index in [0.717, 1.165) is 17.0 Å². The van der Waals surface area contributed by atoms with Gasteiger partial charge in [-0.2, -0.15) is 4.98 Å². The molecule has 0 aliphatic carbocycles. The van der Waals surface area contributed by atoms with E-state index in [1.54, 1.807) is 13.1 Å². The summed E-state index contributed by atoms with van der Waals surface area (Å²) in [6.45, 7) is 2.49. The molecular formula is C13H14ClN5O. The molecule has 0 radical (unpaired) electrons. The van der Waals surface area contributed by atoms with Crippen LogP contribution in [0.4, 0.5) is 0 Å². The molecule has 0 aliphatic rings. The van der Waals surface area contributed by atoms with E-state index in [0.29, 0.717) is 37.0 Å². The topological polar surface area (TPSA) is 69.6 Å². The van der Waals surface area contributed by atoms with Gasteiger partial charge in [0.1, 0.15) is 11.3 Å². The normalized spacial score (nSPS) is 11.3. The number of nitrogens with zero attached hydrogens (tertiary/aromatic N) is 5. The zero-order valence-electron chi connectivity index (χ0n) is 11.1. The third kappa shape index (κ3) is 2.51. The molecule has 0 aromatic carbocycles. The lowest BCUT2D eigenvalue weighted by molar-refractivity contribution is 0.386. The zero-order chi connectivity index (χ0) is 13.9. The maximum absolute atomic E-state index is 5.84. The number of aryl methyl sites for hydroxylation is 4. The van der Waals surface area contributed by atoms with Crippen LogP contribution < -0.4 is 0 Å². The van der Waals surface area contributed by atoms with Gasteiger partial charge >= 0.3 is 0 Å². The Bertz CT molecular complexity index is 720. The van der Waals surface area contributed by atoms with Crippen LogP contribution in [0.25, 0.3) is 11.2 Å². The second-order valence-corrected chi connectivity index (χ2v) is 4.82. The van der Waals surface area contributed by atoms with Gasteiger partial charge in [0.15, 0.2) is 11.5 Å². The fourth-order valence-corrected chi connectivity index (χ4v) is 2.34. The maximum Gasteiger partial charge on any atom is 0.223 e. The van der Waals surface area contributed by atoms with Crippen LogP contribution in [-0.2, 0) is 19.4 Å². The summed E-state index contributed by atoms with van der Waals surface area (Å²) in [5.41, 5.74) is 1.75. The van der Waals surface area contributed by atoms with E-state index in [4.69, 9.17) is 16.1 Å². The Kier molecular flexibility index (Phi) is 3.64. The fraction of sp³-hybridized carbons (Fsp3) is 0.385. The summed E-state index contributed by atoms with van der Waals surface area (Å²) in [5.74, 6) is 2.74. The standard InChI is InChI=1S/C13H14ClN5O/c1-9-16-11(18-20-9)5-8-19-12(4-6-14)17-10-3-2-7-15-13(10)19/h2-3,7H,4-6,8H2,1H3. The Hall–Kier alpha value is -1.95. The van der Waals surface area contributed by atoms with Crippen molar-refractivity contribution in [3.05, 3.63) is 35.9 Å². The van der Waals surface area contributed by atoms with Crippen LogP contribution in [0.5, 0.6) is 0 Å². The van der Waals surface area contributed by atoms with Crippen molar-refractivity contribution in [1.82, 2.24) is 24.7 Å². The minimum Gasteiger partial charge on any atom is -0.340 e. The first kappa shape index (κ1) is 13.1. The van der Waals surface area contributed by atoms with Gasteiger partial charge in [-0.1, -0.05) is 5.16 Å². The molecule has 6 nitrogen and oxygen atoms in total. The summed E-state index contributed by atoms with van der Waals surface area (Å²) in [5, 5.41) is 3.90. The smallest absolute Gasteiger partial charge is 0.223 e. The Labute approximate surface area is 120 Å². The predicted molar refractivity (Wildman–Crippen MR) is 74.7 cm³/mol. The van der Waals surface area contributed by atoms with E-state index in [2.05, 4.69) is 24.7 Å². The van der Waals surface area contributed by atoms with Crippen LogP contribution in [0.1, 0.15) is 17.5 Å². The summed E-state index contributed by atoms with van der Waals surface area (Å²) < 4.78 is 7.05. The van der Waals surface area contributed by atoms with Crippen molar-refractivity contribution in [2.24, 2.45) is 0 Å². The van der Waals surface area contributed by atoms with Crippen LogP contribution in [0.2, 0.25) is 0 Å². The van der Waals surface area contributed by atoms with Crippen LogP contribution in [0.15, 0.2) is 22.9 Å². The lowest BCUT2D eigenvalue weighted by Gasteiger charge is -2.05. The van der Waals surface area contributed by atoms with Crippen molar-refractivity contribution in [3.8, 4) is 0 Å². The zero-order valence-corrected chi connectivity index (χ0v) is 11.8. The van der Waals surface area contributed by atoms with Crippen molar-refractivity contribution >= 4 is 22.8 Å². The SMILES string of the molecule is Cc1nc(CCn2c(CCCl)nc3cccnc32)no1. The van der Waals surface area contributed by atoms with Gasteiger partial charge in [0.05, 0.1) is 0 Å².